The number of ether oxygens (including phenoxy) is 1. The zero-order valence-electron chi connectivity index (χ0n) is 9.47. The monoisotopic (exact) mass is 273 g/mol. The number of amides is 1. The van der Waals surface area contributed by atoms with Gasteiger partial charge in [-0.25, -0.2) is 0 Å². The summed E-state index contributed by atoms with van der Waals surface area (Å²) in [6.07, 6.45) is -4.48. The molecule has 0 aliphatic carbocycles. The summed E-state index contributed by atoms with van der Waals surface area (Å²) in [4.78, 5) is 12.6. The average molecular weight is 274 g/mol. The summed E-state index contributed by atoms with van der Waals surface area (Å²) < 4.78 is 42.1. The van der Waals surface area contributed by atoms with Gasteiger partial charge in [0.1, 0.15) is 12.6 Å². The van der Waals surface area contributed by atoms with Crippen LogP contribution in [0.25, 0.3) is 0 Å². The van der Waals surface area contributed by atoms with Crippen LogP contribution in [0.1, 0.15) is 13.3 Å². The first kappa shape index (κ1) is 14.6. The molecule has 0 saturated carbocycles. The van der Waals surface area contributed by atoms with E-state index in [9.17, 15) is 18.0 Å². The molecule has 0 radical (unpaired) electrons. The van der Waals surface area contributed by atoms with Gasteiger partial charge in [-0.05, 0) is 12.3 Å². The van der Waals surface area contributed by atoms with Gasteiger partial charge < -0.3 is 9.64 Å². The normalized spacial score (nSPS) is 25.0. The van der Waals surface area contributed by atoms with Crippen LogP contribution in [0.4, 0.5) is 13.2 Å². The highest BCUT2D eigenvalue weighted by Gasteiger charge is 2.38. The number of halogens is 4. The van der Waals surface area contributed by atoms with Gasteiger partial charge in [0.25, 0.3) is 5.91 Å². The molecule has 0 aromatic heterocycles. The summed E-state index contributed by atoms with van der Waals surface area (Å²) in [5.41, 5.74) is 0. The van der Waals surface area contributed by atoms with E-state index in [1.54, 1.807) is 6.92 Å². The molecule has 1 rings (SSSR count). The molecule has 0 aromatic rings. The lowest BCUT2D eigenvalue weighted by Gasteiger charge is -2.26. The van der Waals surface area contributed by atoms with Crippen LogP contribution < -0.4 is 0 Å². The predicted octanol–water partition coefficient (Wildman–Crippen LogP) is 2.04. The molecule has 0 spiro atoms. The highest BCUT2D eigenvalue weighted by Crippen LogP contribution is 2.24. The van der Waals surface area contributed by atoms with E-state index in [0.29, 0.717) is 13.0 Å². The van der Waals surface area contributed by atoms with E-state index in [1.807, 2.05) is 0 Å². The molecule has 1 saturated heterocycles. The molecule has 2 atom stereocenters. The Labute approximate surface area is 103 Å². The molecular formula is C10H15ClF3NO2. The Balaban J connectivity index is 2.66. The standard InChI is InChI=1S/C10H15ClF3NO2/c1-7-2-5-17-8(7)9(16)15(4-3-11)6-10(12,13)14/h7-8H,2-6H2,1H3. The number of rotatable bonds is 4. The number of nitrogens with zero attached hydrogens (tertiary/aromatic N) is 1. The fourth-order valence-electron chi connectivity index (χ4n) is 1.78. The zero-order valence-corrected chi connectivity index (χ0v) is 10.2. The quantitative estimate of drug-likeness (QED) is 0.734. The van der Waals surface area contributed by atoms with Crippen molar-refractivity contribution in [3.63, 3.8) is 0 Å². The van der Waals surface area contributed by atoms with Crippen LogP contribution in [0.3, 0.4) is 0 Å². The Bertz CT molecular complexity index is 273. The van der Waals surface area contributed by atoms with Crippen LogP contribution in [0.5, 0.6) is 0 Å². The third-order valence-electron chi connectivity index (χ3n) is 2.67. The molecule has 7 heteroatoms. The lowest BCUT2D eigenvalue weighted by Crippen LogP contribution is -2.46. The third kappa shape index (κ3) is 4.35. The Morgan fingerprint density at radius 3 is 2.59 bits per heavy atom. The van der Waals surface area contributed by atoms with Crippen LogP contribution in [0.15, 0.2) is 0 Å². The van der Waals surface area contributed by atoms with E-state index in [2.05, 4.69) is 0 Å². The highest BCUT2D eigenvalue weighted by atomic mass is 35.5. The molecule has 100 valence electrons. The third-order valence-corrected chi connectivity index (χ3v) is 2.84. The van der Waals surface area contributed by atoms with Gasteiger partial charge in [0, 0.05) is 19.0 Å². The fraction of sp³-hybridized carbons (Fsp3) is 0.900. The van der Waals surface area contributed by atoms with Gasteiger partial charge in [-0.2, -0.15) is 13.2 Å². The van der Waals surface area contributed by atoms with Crippen molar-refractivity contribution in [3.8, 4) is 0 Å². The number of hydrogen-bond acceptors (Lipinski definition) is 2. The van der Waals surface area contributed by atoms with Crippen LogP contribution in [-0.4, -0.2) is 48.7 Å². The Hall–Kier alpha value is -0.490. The first-order valence-corrected chi connectivity index (χ1v) is 5.91. The molecule has 17 heavy (non-hydrogen) atoms. The molecule has 1 heterocycles. The maximum absolute atomic E-state index is 12.3. The van der Waals surface area contributed by atoms with Crippen molar-refractivity contribution >= 4 is 17.5 Å². The Kier molecular flexibility index (Phi) is 5.06. The van der Waals surface area contributed by atoms with Crippen LogP contribution >= 0.6 is 11.6 Å². The summed E-state index contributed by atoms with van der Waals surface area (Å²) in [6.45, 7) is 0.817. The number of alkyl halides is 4. The summed E-state index contributed by atoms with van der Waals surface area (Å²) in [7, 11) is 0. The molecule has 0 bridgehead atoms. The van der Waals surface area contributed by atoms with Crippen molar-refractivity contribution < 1.29 is 22.7 Å². The predicted molar refractivity (Wildman–Crippen MR) is 56.9 cm³/mol. The van der Waals surface area contributed by atoms with Gasteiger partial charge in [-0.1, -0.05) is 6.92 Å². The maximum atomic E-state index is 12.3. The number of hydrogen-bond donors (Lipinski definition) is 0. The minimum Gasteiger partial charge on any atom is -0.368 e. The molecule has 0 N–H and O–H groups in total. The van der Waals surface area contributed by atoms with Crippen LogP contribution in [0.2, 0.25) is 0 Å². The van der Waals surface area contributed by atoms with Gasteiger partial charge in [0.05, 0.1) is 0 Å². The second-order valence-electron chi connectivity index (χ2n) is 4.12. The highest BCUT2D eigenvalue weighted by molar-refractivity contribution is 6.18. The first-order valence-electron chi connectivity index (χ1n) is 5.38. The summed E-state index contributed by atoms with van der Waals surface area (Å²) >= 11 is 5.41. The number of carbonyl (C=O) groups excluding carboxylic acids is 1. The van der Waals surface area contributed by atoms with Gasteiger partial charge in [-0.15, -0.1) is 11.6 Å². The molecule has 1 fully saturated rings. The lowest BCUT2D eigenvalue weighted by molar-refractivity contribution is -0.167. The molecule has 1 aliphatic heterocycles. The van der Waals surface area contributed by atoms with Gasteiger partial charge in [-0.3, -0.25) is 4.79 Å². The zero-order chi connectivity index (χ0) is 13.1. The molecule has 0 aromatic carbocycles. The second kappa shape index (κ2) is 5.91. The van der Waals surface area contributed by atoms with Crippen LogP contribution in [0, 0.1) is 5.92 Å². The van der Waals surface area contributed by atoms with E-state index in [4.69, 9.17) is 16.3 Å². The largest absolute Gasteiger partial charge is 0.406 e. The van der Waals surface area contributed by atoms with Crippen molar-refractivity contribution in [3.05, 3.63) is 0 Å². The lowest BCUT2D eigenvalue weighted by atomic mass is 10.0. The summed E-state index contributed by atoms with van der Waals surface area (Å²) in [5.74, 6) is -0.690. The molecule has 3 nitrogen and oxygen atoms in total. The van der Waals surface area contributed by atoms with E-state index >= 15 is 0 Å². The number of carbonyl (C=O) groups is 1. The average Bonchev–Trinajstić information content (AvgIpc) is 2.61. The topological polar surface area (TPSA) is 29.5 Å². The van der Waals surface area contributed by atoms with Crippen molar-refractivity contribution in [1.29, 1.82) is 0 Å². The van der Waals surface area contributed by atoms with Gasteiger partial charge in [0.15, 0.2) is 0 Å². The first-order chi connectivity index (χ1) is 7.85. The van der Waals surface area contributed by atoms with Crippen molar-refractivity contribution in [2.75, 3.05) is 25.6 Å². The van der Waals surface area contributed by atoms with Crippen molar-refractivity contribution in [2.45, 2.75) is 25.6 Å². The molecule has 1 amide bonds. The van der Waals surface area contributed by atoms with Crippen molar-refractivity contribution in [1.82, 2.24) is 4.90 Å². The minimum absolute atomic E-state index is 0.0249. The van der Waals surface area contributed by atoms with E-state index in [1.165, 1.54) is 0 Å². The molecular weight excluding hydrogens is 259 g/mol. The SMILES string of the molecule is CC1CCOC1C(=O)N(CCCl)CC(F)(F)F. The fourth-order valence-corrected chi connectivity index (χ4v) is 1.98. The van der Waals surface area contributed by atoms with Gasteiger partial charge >= 0.3 is 6.18 Å². The second-order valence-corrected chi connectivity index (χ2v) is 4.50. The van der Waals surface area contributed by atoms with E-state index < -0.39 is 24.7 Å². The van der Waals surface area contributed by atoms with E-state index in [-0.39, 0.29) is 18.3 Å². The van der Waals surface area contributed by atoms with Gasteiger partial charge in [0.2, 0.25) is 0 Å². The Morgan fingerprint density at radius 1 is 1.53 bits per heavy atom. The summed E-state index contributed by atoms with van der Waals surface area (Å²) in [6, 6.07) is 0. The minimum atomic E-state index is -4.41. The van der Waals surface area contributed by atoms with Crippen LogP contribution in [-0.2, 0) is 9.53 Å². The molecule has 1 aliphatic rings. The molecule has 2 unspecified atom stereocenters. The Morgan fingerprint density at radius 2 is 2.18 bits per heavy atom. The summed E-state index contributed by atoms with van der Waals surface area (Å²) in [5, 5.41) is 0. The van der Waals surface area contributed by atoms with Crippen molar-refractivity contribution in [2.24, 2.45) is 5.92 Å². The smallest absolute Gasteiger partial charge is 0.368 e. The van der Waals surface area contributed by atoms with E-state index in [0.717, 1.165) is 4.90 Å². The maximum Gasteiger partial charge on any atom is 0.406 e.